The lowest BCUT2D eigenvalue weighted by Gasteiger charge is -2.29. The first-order chi connectivity index (χ1) is 14.2. The van der Waals surface area contributed by atoms with Crippen LogP contribution in [0.5, 0.6) is 5.75 Å². The molecule has 1 heterocycles. The number of phenols is 1. The minimum atomic E-state index is 0.229. The Bertz CT molecular complexity index is 1010. The molecule has 148 valence electrons. The Hall–Kier alpha value is -2.78. The zero-order chi connectivity index (χ0) is 20.1. The van der Waals surface area contributed by atoms with E-state index in [1.54, 1.807) is 12.3 Å². The van der Waals surface area contributed by atoms with E-state index >= 15 is 0 Å². The Kier molecular flexibility index (Phi) is 6.16. The van der Waals surface area contributed by atoms with Gasteiger partial charge in [-0.15, -0.1) is 0 Å². The van der Waals surface area contributed by atoms with Gasteiger partial charge in [-0.3, -0.25) is 4.99 Å². The third kappa shape index (κ3) is 4.80. The molecule has 1 aliphatic heterocycles. The van der Waals surface area contributed by atoms with E-state index in [2.05, 4.69) is 17.0 Å². The molecule has 1 fully saturated rings. The number of hydrogen-bond donors (Lipinski definition) is 1. The van der Waals surface area contributed by atoms with Gasteiger partial charge in [-0.2, -0.15) is 0 Å². The van der Waals surface area contributed by atoms with Gasteiger partial charge in [-0.1, -0.05) is 48.0 Å². The zero-order valence-electron chi connectivity index (χ0n) is 16.4. The monoisotopic (exact) mass is 404 g/mol. The summed E-state index contributed by atoms with van der Waals surface area (Å²) < 4.78 is 0. The predicted molar refractivity (Wildman–Crippen MR) is 122 cm³/mol. The van der Waals surface area contributed by atoms with Gasteiger partial charge in [0.2, 0.25) is 0 Å². The molecular weight excluding hydrogens is 380 g/mol. The number of nitrogens with zero attached hydrogens (tertiary/aromatic N) is 2. The number of para-hydroxylation sites is 2. The molecule has 0 aromatic heterocycles. The van der Waals surface area contributed by atoms with Crippen LogP contribution in [0.4, 0.5) is 11.4 Å². The largest absolute Gasteiger partial charge is 0.507 e. The molecular formula is C25H25ClN2O. The number of hydrogen-bond acceptors (Lipinski definition) is 3. The molecule has 0 unspecified atom stereocenters. The van der Waals surface area contributed by atoms with E-state index in [0.29, 0.717) is 12.0 Å². The molecule has 4 rings (SSSR count). The van der Waals surface area contributed by atoms with Crippen LogP contribution >= 0.6 is 11.6 Å². The Labute approximate surface area is 177 Å². The molecule has 0 spiro atoms. The van der Waals surface area contributed by atoms with Gasteiger partial charge in [-0.05, 0) is 67.1 Å². The zero-order valence-corrected chi connectivity index (χ0v) is 17.1. The molecule has 1 aliphatic rings. The molecule has 1 saturated heterocycles. The summed E-state index contributed by atoms with van der Waals surface area (Å²) in [6.45, 7) is 2.15. The van der Waals surface area contributed by atoms with E-state index in [4.69, 9.17) is 16.6 Å². The third-order valence-electron chi connectivity index (χ3n) is 5.37. The van der Waals surface area contributed by atoms with Gasteiger partial charge in [0, 0.05) is 29.9 Å². The van der Waals surface area contributed by atoms with E-state index in [9.17, 15) is 5.11 Å². The average Bonchev–Trinajstić information content (AvgIpc) is 2.76. The van der Waals surface area contributed by atoms with Crippen LogP contribution in [0.2, 0.25) is 5.02 Å². The van der Waals surface area contributed by atoms with E-state index in [0.717, 1.165) is 40.6 Å². The number of rotatable bonds is 5. The summed E-state index contributed by atoms with van der Waals surface area (Å²) in [6, 6.07) is 21.7. The lowest BCUT2D eigenvalue weighted by molar-refractivity contribution is 0.474. The van der Waals surface area contributed by atoms with Crippen LogP contribution in [0.25, 0.3) is 0 Å². The summed E-state index contributed by atoms with van der Waals surface area (Å²) in [7, 11) is 0. The summed E-state index contributed by atoms with van der Waals surface area (Å²) in [5.41, 5.74) is 4.96. The van der Waals surface area contributed by atoms with Crippen LogP contribution < -0.4 is 4.90 Å². The molecule has 0 atom stereocenters. The first kappa shape index (κ1) is 19.5. The van der Waals surface area contributed by atoms with Gasteiger partial charge < -0.3 is 10.0 Å². The second-order valence-electron chi connectivity index (χ2n) is 7.46. The van der Waals surface area contributed by atoms with Crippen molar-refractivity contribution in [1.82, 2.24) is 0 Å². The average molecular weight is 405 g/mol. The quantitative estimate of drug-likeness (QED) is 0.501. The fourth-order valence-corrected chi connectivity index (χ4v) is 4.00. The van der Waals surface area contributed by atoms with Crippen molar-refractivity contribution in [2.75, 3.05) is 18.0 Å². The minimum absolute atomic E-state index is 0.229. The number of halogens is 1. The van der Waals surface area contributed by atoms with Crippen LogP contribution in [0.1, 0.15) is 36.0 Å². The molecule has 29 heavy (non-hydrogen) atoms. The number of piperidine rings is 1. The summed E-state index contributed by atoms with van der Waals surface area (Å²) in [5.74, 6) is 0.229. The standard InChI is InChI=1S/C25H25ClN2O/c26-22-9-3-2-8-20(22)16-19-12-13-25(29)21(17-19)18-27-23-10-4-5-11-24(23)28-14-6-1-7-15-28/h2-5,8-13,17-18,29H,1,6-7,14-16H2. The SMILES string of the molecule is Oc1ccc(Cc2ccccc2Cl)cc1C=Nc1ccccc1N1CCCCC1. The van der Waals surface area contributed by atoms with Crippen LogP contribution in [-0.4, -0.2) is 24.4 Å². The van der Waals surface area contributed by atoms with Gasteiger partial charge in [0.1, 0.15) is 5.75 Å². The number of phenolic OH excluding ortho intramolecular Hbond substituents is 1. The summed E-state index contributed by atoms with van der Waals surface area (Å²) in [4.78, 5) is 7.13. The molecule has 3 aromatic rings. The second kappa shape index (κ2) is 9.15. The van der Waals surface area contributed by atoms with Crippen LogP contribution in [-0.2, 0) is 6.42 Å². The molecule has 0 aliphatic carbocycles. The summed E-state index contributed by atoms with van der Waals surface area (Å²) >= 11 is 6.30. The minimum Gasteiger partial charge on any atom is -0.507 e. The number of anilines is 1. The topological polar surface area (TPSA) is 35.8 Å². The Morgan fingerprint density at radius 1 is 0.931 bits per heavy atom. The first-order valence-electron chi connectivity index (χ1n) is 10.1. The second-order valence-corrected chi connectivity index (χ2v) is 7.86. The maximum atomic E-state index is 10.3. The lowest BCUT2D eigenvalue weighted by atomic mass is 10.0. The molecule has 4 heteroatoms. The highest BCUT2D eigenvalue weighted by Gasteiger charge is 2.13. The fraction of sp³-hybridized carbons (Fsp3) is 0.240. The van der Waals surface area contributed by atoms with Gasteiger partial charge in [0.15, 0.2) is 0 Å². The van der Waals surface area contributed by atoms with E-state index in [-0.39, 0.29) is 5.75 Å². The van der Waals surface area contributed by atoms with Crippen molar-refractivity contribution in [2.24, 2.45) is 4.99 Å². The van der Waals surface area contributed by atoms with Gasteiger partial charge in [0.05, 0.1) is 11.4 Å². The maximum absolute atomic E-state index is 10.3. The first-order valence-corrected chi connectivity index (χ1v) is 10.5. The van der Waals surface area contributed by atoms with Crippen molar-refractivity contribution < 1.29 is 5.11 Å². The van der Waals surface area contributed by atoms with Crippen molar-refractivity contribution in [3.8, 4) is 5.75 Å². The maximum Gasteiger partial charge on any atom is 0.124 e. The summed E-state index contributed by atoms with van der Waals surface area (Å²) in [5, 5.41) is 11.1. The van der Waals surface area contributed by atoms with E-state index in [1.807, 2.05) is 48.5 Å². The van der Waals surface area contributed by atoms with Crippen molar-refractivity contribution in [3.05, 3.63) is 88.4 Å². The summed E-state index contributed by atoms with van der Waals surface area (Å²) in [6.07, 6.45) is 6.22. The van der Waals surface area contributed by atoms with Crippen LogP contribution in [0.3, 0.4) is 0 Å². The van der Waals surface area contributed by atoms with Crippen molar-refractivity contribution in [1.29, 1.82) is 0 Å². The Morgan fingerprint density at radius 3 is 2.52 bits per heavy atom. The van der Waals surface area contributed by atoms with Crippen molar-refractivity contribution in [2.45, 2.75) is 25.7 Å². The predicted octanol–water partition coefficient (Wildman–Crippen LogP) is 6.38. The van der Waals surface area contributed by atoms with Gasteiger partial charge in [-0.25, -0.2) is 0 Å². The molecule has 0 amide bonds. The normalized spacial score (nSPS) is 14.4. The Morgan fingerprint density at radius 2 is 1.69 bits per heavy atom. The molecule has 0 radical (unpaired) electrons. The van der Waals surface area contributed by atoms with Gasteiger partial charge >= 0.3 is 0 Å². The molecule has 1 N–H and O–H groups in total. The molecule has 3 aromatic carbocycles. The molecule has 0 saturated carbocycles. The van der Waals surface area contributed by atoms with Crippen LogP contribution in [0, 0.1) is 0 Å². The molecule has 3 nitrogen and oxygen atoms in total. The smallest absolute Gasteiger partial charge is 0.124 e. The fourth-order valence-electron chi connectivity index (χ4n) is 3.79. The lowest BCUT2D eigenvalue weighted by Crippen LogP contribution is -2.29. The van der Waals surface area contributed by atoms with Gasteiger partial charge in [0.25, 0.3) is 0 Å². The number of aromatic hydroxyl groups is 1. The third-order valence-corrected chi connectivity index (χ3v) is 5.73. The van der Waals surface area contributed by atoms with Crippen LogP contribution in [0.15, 0.2) is 71.7 Å². The highest BCUT2D eigenvalue weighted by Crippen LogP contribution is 2.31. The molecule has 0 bridgehead atoms. The highest BCUT2D eigenvalue weighted by atomic mass is 35.5. The van der Waals surface area contributed by atoms with Crippen molar-refractivity contribution >= 4 is 29.2 Å². The van der Waals surface area contributed by atoms with E-state index < -0.39 is 0 Å². The Balaban J connectivity index is 1.58. The number of aliphatic imine (C=N–C) groups is 1. The highest BCUT2D eigenvalue weighted by molar-refractivity contribution is 6.31. The van der Waals surface area contributed by atoms with Crippen molar-refractivity contribution in [3.63, 3.8) is 0 Å². The van der Waals surface area contributed by atoms with E-state index in [1.165, 1.54) is 19.3 Å². The number of benzene rings is 3.